The van der Waals surface area contributed by atoms with Crippen molar-refractivity contribution in [3.63, 3.8) is 0 Å². The van der Waals surface area contributed by atoms with Gasteiger partial charge in [-0.15, -0.1) is 10.2 Å². The molecule has 2 aromatic carbocycles. The van der Waals surface area contributed by atoms with Crippen LogP contribution in [0.15, 0.2) is 57.2 Å². The van der Waals surface area contributed by atoms with Crippen LogP contribution in [0.3, 0.4) is 0 Å². The van der Waals surface area contributed by atoms with Crippen molar-refractivity contribution in [3.05, 3.63) is 46.9 Å². The quantitative estimate of drug-likeness (QED) is 0.522. The number of halogens is 1. The lowest BCUT2D eigenvalue weighted by molar-refractivity contribution is -0.127. The van der Waals surface area contributed by atoms with Crippen molar-refractivity contribution in [2.24, 2.45) is 10.2 Å². The Hall–Kier alpha value is -2.87. The molecular weight excluding hydrogens is 438 g/mol. The lowest BCUT2D eigenvalue weighted by atomic mass is 10.2. The predicted molar refractivity (Wildman–Crippen MR) is 112 cm³/mol. The van der Waals surface area contributed by atoms with E-state index in [1.165, 1.54) is 0 Å². The van der Waals surface area contributed by atoms with E-state index in [9.17, 15) is 9.90 Å². The van der Waals surface area contributed by atoms with Crippen LogP contribution in [0.5, 0.6) is 17.4 Å². The Kier molecular flexibility index (Phi) is 5.53. The van der Waals surface area contributed by atoms with Gasteiger partial charge in [-0.3, -0.25) is 4.79 Å². The van der Waals surface area contributed by atoms with Crippen LogP contribution < -0.4 is 9.47 Å². The van der Waals surface area contributed by atoms with Gasteiger partial charge in [0.15, 0.2) is 17.2 Å². The van der Waals surface area contributed by atoms with Crippen molar-refractivity contribution < 1.29 is 19.4 Å². The molecular formula is C21H20BrN3O4. The number of aromatic nitrogens is 1. The highest BCUT2D eigenvalue weighted by molar-refractivity contribution is 9.10. The average molecular weight is 458 g/mol. The molecule has 1 aliphatic heterocycles. The molecule has 1 atom stereocenters. The zero-order valence-corrected chi connectivity index (χ0v) is 17.4. The van der Waals surface area contributed by atoms with Crippen LogP contribution in [0.1, 0.15) is 19.8 Å². The predicted octanol–water partition coefficient (Wildman–Crippen LogP) is 5.36. The van der Waals surface area contributed by atoms with Crippen molar-refractivity contribution in [1.82, 2.24) is 4.57 Å². The fourth-order valence-electron chi connectivity index (χ4n) is 3.24. The number of carbonyl (C=O) groups is 1. The molecule has 0 saturated carbocycles. The number of aromatic hydroxyl groups is 1. The van der Waals surface area contributed by atoms with Gasteiger partial charge in [0, 0.05) is 16.4 Å². The topological polar surface area (TPSA) is 85.4 Å². The summed E-state index contributed by atoms with van der Waals surface area (Å²) in [7, 11) is 0. The zero-order valence-electron chi connectivity index (χ0n) is 15.8. The molecule has 1 amide bonds. The number of unbranched alkanes of at least 4 members (excludes halogenated alkanes) is 1. The van der Waals surface area contributed by atoms with E-state index in [0.717, 1.165) is 28.2 Å². The molecule has 4 rings (SSSR count). The van der Waals surface area contributed by atoms with Crippen LogP contribution >= 0.6 is 15.9 Å². The SMILES string of the molecule is CCCCn1c(O)c(N=NC(=O)[C@@H]2COc3ccccc3O2)c2cc(Br)ccc21. The Bertz CT molecular complexity index is 1090. The first kappa shape index (κ1) is 19.4. The monoisotopic (exact) mass is 457 g/mol. The smallest absolute Gasteiger partial charge is 0.308 e. The third-order valence-corrected chi connectivity index (χ3v) is 5.23. The molecule has 0 spiro atoms. The van der Waals surface area contributed by atoms with Gasteiger partial charge in [0.1, 0.15) is 6.61 Å². The maximum absolute atomic E-state index is 12.5. The molecule has 1 aromatic heterocycles. The van der Waals surface area contributed by atoms with E-state index in [1.807, 2.05) is 24.3 Å². The van der Waals surface area contributed by atoms with E-state index in [-0.39, 0.29) is 18.2 Å². The maximum Gasteiger partial charge on any atom is 0.308 e. The number of hydrogen-bond donors (Lipinski definition) is 1. The molecule has 8 heteroatoms. The number of carbonyl (C=O) groups excluding carboxylic acids is 1. The fraction of sp³-hybridized carbons (Fsp3) is 0.286. The molecule has 0 unspecified atom stereocenters. The highest BCUT2D eigenvalue weighted by Crippen LogP contribution is 2.40. The van der Waals surface area contributed by atoms with Crippen molar-refractivity contribution in [2.45, 2.75) is 32.4 Å². The van der Waals surface area contributed by atoms with Gasteiger partial charge in [0.25, 0.3) is 0 Å². The summed E-state index contributed by atoms with van der Waals surface area (Å²) in [6.07, 6.45) is 1.03. The Labute approximate surface area is 176 Å². The van der Waals surface area contributed by atoms with Crippen molar-refractivity contribution in [2.75, 3.05) is 6.61 Å². The largest absolute Gasteiger partial charge is 0.493 e. The van der Waals surface area contributed by atoms with E-state index < -0.39 is 12.0 Å². The molecule has 7 nitrogen and oxygen atoms in total. The van der Waals surface area contributed by atoms with Crippen LogP contribution in [0.25, 0.3) is 10.9 Å². The summed E-state index contributed by atoms with van der Waals surface area (Å²) in [6, 6.07) is 12.8. The van der Waals surface area contributed by atoms with Crippen LogP contribution in [0, 0.1) is 0 Å². The normalized spacial score (nSPS) is 15.9. The highest BCUT2D eigenvalue weighted by Gasteiger charge is 2.27. The number of hydrogen-bond acceptors (Lipinski definition) is 5. The number of amides is 1. The van der Waals surface area contributed by atoms with Crippen molar-refractivity contribution in [1.29, 1.82) is 0 Å². The molecule has 0 radical (unpaired) electrons. The minimum atomic E-state index is -0.879. The summed E-state index contributed by atoms with van der Waals surface area (Å²) in [5, 5.41) is 19.3. The molecule has 1 aliphatic rings. The van der Waals surface area contributed by atoms with Crippen molar-refractivity contribution in [3.8, 4) is 17.4 Å². The van der Waals surface area contributed by atoms with E-state index in [1.54, 1.807) is 22.8 Å². The van der Waals surface area contributed by atoms with Crippen LogP contribution in [0.4, 0.5) is 5.69 Å². The van der Waals surface area contributed by atoms with Crippen LogP contribution in [-0.2, 0) is 11.3 Å². The molecule has 0 fully saturated rings. The molecule has 0 bridgehead atoms. The number of azo groups is 1. The number of ether oxygens (including phenoxy) is 2. The number of aryl methyl sites for hydroxylation is 1. The molecule has 1 N–H and O–H groups in total. The van der Waals surface area contributed by atoms with Gasteiger partial charge in [-0.25, -0.2) is 0 Å². The first-order valence-electron chi connectivity index (χ1n) is 9.43. The molecule has 150 valence electrons. The second-order valence-electron chi connectivity index (χ2n) is 6.74. The molecule has 2 heterocycles. The summed E-state index contributed by atoms with van der Waals surface area (Å²) in [5.41, 5.74) is 1.11. The molecule has 0 aliphatic carbocycles. The number of para-hydroxylation sites is 2. The Balaban J connectivity index is 1.62. The van der Waals surface area contributed by atoms with E-state index in [4.69, 9.17) is 9.47 Å². The lowest BCUT2D eigenvalue weighted by Gasteiger charge is -2.23. The van der Waals surface area contributed by atoms with Crippen LogP contribution in [0.2, 0.25) is 0 Å². The summed E-state index contributed by atoms with van der Waals surface area (Å²) >= 11 is 3.44. The summed E-state index contributed by atoms with van der Waals surface area (Å²) in [4.78, 5) is 12.5. The van der Waals surface area contributed by atoms with Gasteiger partial charge in [0.05, 0.1) is 5.52 Å². The minimum Gasteiger partial charge on any atom is -0.493 e. The fourth-order valence-corrected chi connectivity index (χ4v) is 3.60. The summed E-state index contributed by atoms with van der Waals surface area (Å²) in [6.45, 7) is 2.80. The number of benzene rings is 2. The number of nitrogens with zero attached hydrogens (tertiary/aromatic N) is 3. The van der Waals surface area contributed by atoms with Gasteiger partial charge in [-0.1, -0.05) is 41.4 Å². The Morgan fingerprint density at radius 1 is 1.28 bits per heavy atom. The van der Waals surface area contributed by atoms with Crippen LogP contribution in [-0.4, -0.2) is 28.3 Å². The van der Waals surface area contributed by atoms with E-state index in [2.05, 4.69) is 33.1 Å². The first-order valence-corrected chi connectivity index (χ1v) is 10.2. The van der Waals surface area contributed by atoms with Gasteiger partial charge >= 0.3 is 5.91 Å². The summed E-state index contributed by atoms with van der Waals surface area (Å²) in [5.74, 6) is 0.517. The highest BCUT2D eigenvalue weighted by atomic mass is 79.9. The Morgan fingerprint density at radius 3 is 2.86 bits per heavy atom. The Morgan fingerprint density at radius 2 is 2.07 bits per heavy atom. The van der Waals surface area contributed by atoms with Crippen molar-refractivity contribution >= 4 is 38.4 Å². The number of rotatable bonds is 5. The van der Waals surface area contributed by atoms with E-state index in [0.29, 0.717) is 18.0 Å². The van der Waals surface area contributed by atoms with Gasteiger partial charge in [-0.2, -0.15) is 0 Å². The second kappa shape index (κ2) is 8.24. The maximum atomic E-state index is 12.5. The molecule has 29 heavy (non-hydrogen) atoms. The van der Waals surface area contributed by atoms with Gasteiger partial charge < -0.3 is 19.1 Å². The second-order valence-corrected chi connectivity index (χ2v) is 7.66. The van der Waals surface area contributed by atoms with Gasteiger partial charge in [0.2, 0.25) is 12.0 Å². The minimum absolute atomic E-state index is 0.00532. The summed E-state index contributed by atoms with van der Waals surface area (Å²) < 4.78 is 13.9. The van der Waals surface area contributed by atoms with E-state index >= 15 is 0 Å². The molecule has 0 saturated heterocycles. The standard InChI is InChI=1S/C21H20BrN3O4/c1-2-3-10-25-15-9-8-13(22)11-14(15)19(21(25)27)23-24-20(26)18-12-28-16-6-4-5-7-17(16)29-18/h4-9,11,18,27H,2-3,10,12H2,1H3/t18-/m0/s1. The third kappa shape index (κ3) is 3.85. The van der Waals surface area contributed by atoms with Gasteiger partial charge in [-0.05, 0) is 36.8 Å². The lowest BCUT2D eigenvalue weighted by Crippen LogP contribution is -2.35. The number of fused-ring (bicyclic) bond motifs is 2. The zero-order chi connectivity index (χ0) is 20.4. The third-order valence-electron chi connectivity index (χ3n) is 4.74. The molecule has 3 aromatic rings. The first-order chi connectivity index (χ1) is 14.1. The average Bonchev–Trinajstić information content (AvgIpc) is 3.00.